The summed E-state index contributed by atoms with van der Waals surface area (Å²) in [6, 6.07) is 7.64. The molecule has 120 valence electrons. The van der Waals surface area contributed by atoms with Crippen LogP contribution in [0.3, 0.4) is 0 Å². The summed E-state index contributed by atoms with van der Waals surface area (Å²) in [5.74, 6) is 0.592. The van der Waals surface area contributed by atoms with E-state index < -0.39 is 0 Å². The first-order valence-corrected chi connectivity index (χ1v) is 9.01. The molecule has 0 aliphatic carbocycles. The van der Waals surface area contributed by atoms with Gasteiger partial charge in [-0.15, -0.1) is 11.8 Å². The molecule has 1 amide bonds. The molecule has 1 aromatic carbocycles. The highest BCUT2D eigenvalue weighted by Gasteiger charge is 2.35. The maximum absolute atomic E-state index is 12.6. The van der Waals surface area contributed by atoms with E-state index >= 15 is 0 Å². The number of thioether (sulfide) groups is 1. The van der Waals surface area contributed by atoms with E-state index in [1.54, 1.807) is 11.8 Å². The molecule has 0 bridgehead atoms. The van der Waals surface area contributed by atoms with Crippen LogP contribution in [0.2, 0.25) is 5.02 Å². The zero-order valence-corrected chi connectivity index (χ0v) is 13.9. The van der Waals surface area contributed by atoms with Crippen molar-refractivity contribution in [1.82, 2.24) is 4.90 Å². The van der Waals surface area contributed by atoms with Gasteiger partial charge in [-0.2, -0.15) is 0 Å². The van der Waals surface area contributed by atoms with Crippen molar-refractivity contribution in [3.05, 3.63) is 29.3 Å². The van der Waals surface area contributed by atoms with Crippen molar-refractivity contribution >= 4 is 29.3 Å². The van der Waals surface area contributed by atoms with Crippen LogP contribution in [-0.2, 0) is 14.3 Å². The smallest absolute Gasteiger partial charge is 0.233 e. The van der Waals surface area contributed by atoms with Crippen molar-refractivity contribution in [2.75, 3.05) is 25.5 Å². The van der Waals surface area contributed by atoms with Gasteiger partial charge in [0.2, 0.25) is 5.91 Å². The van der Waals surface area contributed by atoms with Crippen LogP contribution in [0, 0.1) is 0 Å². The number of carbonyl (C=O) groups is 1. The molecule has 4 nitrogen and oxygen atoms in total. The zero-order valence-electron chi connectivity index (χ0n) is 12.4. The van der Waals surface area contributed by atoms with Crippen LogP contribution in [0.25, 0.3) is 0 Å². The number of piperidine rings is 1. The molecule has 6 heteroatoms. The second kappa shape index (κ2) is 7.68. The van der Waals surface area contributed by atoms with E-state index in [1.807, 2.05) is 29.2 Å². The summed E-state index contributed by atoms with van der Waals surface area (Å²) < 4.78 is 11.2. The minimum Gasteiger partial charge on any atom is -0.348 e. The molecular weight excluding hydrogens is 322 g/mol. The molecule has 3 rings (SSSR count). The number of benzene rings is 1. The van der Waals surface area contributed by atoms with Gasteiger partial charge in [0.15, 0.2) is 6.29 Å². The summed E-state index contributed by atoms with van der Waals surface area (Å²) in [6.07, 6.45) is 2.90. The maximum atomic E-state index is 12.6. The molecule has 2 aliphatic rings. The lowest BCUT2D eigenvalue weighted by Crippen LogP contribution is -2.50. The molecule has 0 spiro atoms. The molecule has 22 heavy (non-hydrogen) atoms. The molecule has 2 fully saturated rings. The Kier molecular flexibility index (Phi) is 5.63. The van der Waals surface area contributed by atoms with E-state index in [0.717, 1.165) is 30.7 Å². The molecule has 1 aromatic rings. The summed E-state index contributed by atoms with van der Waals surface area (Å²) in [7, 11) is 0. The van der Waals surface area contributed by atoms with Gasteiger partial charge in [-0.25, -0.2) is 0 Å². The lowest BCUT2D eigenvalue weighted by atomic mass is 10.0. The van der Waals surface area contributed by atoms with Gasteiger partial charge in [-0.3, -0.25) is 4.79 Å². The van der Waals surface area contributed by atoms with Gasteiger partial charge in [-0.1, -0.05) is 11.6 Å². The summed E-state index contributed by atoms with van der Waals surface area (Å²) in [4.78, 5) is 15.6. The van der Waals surface area contributed by atoms with E-state index in [-0.39, 0.29) is 18.2 Å². The Morgan fingerprint density at radius 3 is 2.68 bits per heavy atom. The van der Waals surface area contributed by atoms with Crippen molar-refractivity contribution in [2.45, 2.75) is 36.5 Å². The van der Waals surface area contributed by atoms with Gasteiger partial charge in [0, 0.05) is 16.5 Å². The first-order chi connectivity index (χ1) is 10.7. The van der Waals surface area contributed by atoms with E-state index in [4.69, 9.17) is 21.1 Å². The molecule has 0 aromatic heterocycles. The summed E-state index contributed by atoms with van der Waals surface area (Å²) in [5.41, 5.74) is 0. The summed E-state index contributed by atoms with van der Waals surface area (Å²) >= 11 is 7.42. The van der Waals surface area contributed by atoms with E-state index in [2.05, 4.69) is 0 Å². The molecule has 2 heterocycles. The molecule has 2 saturated heterocycles. The number of carbonyl (C=O) groups excluding carboxylic acids is 1. The standard InChI is InChI=1S/C16H20ClNO3S/c17-12-4-6-13(7-5-12)22-11-15(19)18-8-2-1-3-14(18)16-20-9-10-21-16/h4-7,14,16H,1-3,8-11H2. The van der Waals surface area contributed by atoms with Crippen molar-refractivity contribution in [1.29, 1.82) is 0 Å². The first kappa shape index (κ1) is 16.1. The van der Waals surface area contributed by atoms with Crippen LogP contribution in [0.1, 0.15) is 19.3 Å². The predicted molar refractivity (Wildman–Crippen MR) is 87.2 cm³/mol. The van der Waals surface area contributed by atoms with E-state index in [1.165, 1.54) is 0 Å². The third-order valence-corrected chi connectivity index (χ3v) is 5.26. The minimum atomic E-state index is -0.246. The molecular formula is C16H20ClNO3S. The van der Waals surface area contributed by atoms with Crippen LogP contribution in [0.15, 0.2) is 29.2 Å². The van der Waals surface area contributed by atoms with Gasteiger partial charge in [0.1, 0.15) is 0 Å². The third-order valence-electron chi connectivity index (χ3n) is 4.01. The lowest BCUT2D eigenvalue weighted by Gasteiger charge is -2.38. The summed E-state index contributed by atoms with van der Waals surface area (Å²) in [5, 5.41) is 0.710. The quantitative estimate of drug-likeness (QED) is 0.788. The Hall–Kier alpha value is -0.750. The van der Waals surface area contributed by atoms with E-state index in [9.17, 15) is 4.79 Å². The number of hydrogen-bond acceptors (Lipinski definition) is 4. The molecule has 0 N–H and O–H groups in total. The number of hydrogen-bond donors (Lipinski definition) is 0. The Bertz CT molecular complexity index is 505. The Labute approximate surface area is 140 Å². The monoisotopic (exact) mass is 341 g/mol. The normalized spacial score (nSPS) is 23.0. The van der Waals surface area contributed by atoms with Crippen molar-refractivity contribution in [3.63, 3.8) is 0 Å². The topological polar surface area (TPSA) is 38.8 Å². The van der Waals surface area contributed by atoms with Crippen LogP contribution < -0.4 is 0 Å². The maximum Gasteiger partial charge on any atom is 0.233 e. The van der Waals surface area contributed by atoms with Gasteiger partial charge in [-0.05, 0) is 43.5 Å². The van der Waals surface area contributed by atoms with Crippen LogP contribution in [-0.4, -0.2) is 48.7 Å². The Morgan fingerprint density at radius 1 is 1.23 bits per heavy atom. The highest BCUT2D eigenvalue weighted by molar-refractivity contribution is 8.00. The van der Waals surface area contributed by atoms with Gasteiger partial charge in [0.25, 0.3) is 0 Å². The zero-order chi connectivity index (χ0) is 15.4. The van der Waals surface area contributed by atoms with Gasteiger partial charge in [0.05, 0.1) is 25.0 Å². The van der Waals surface area contributed by atoms with Crippen molar-refractivity contribution in [3.8, 4) is 0 Å². The number of ether oxygens (including phenoxy) is 2. The second-order valence-corrected chi connectivity index (χ2v) is 6.99. The molecule has 1 atom stereocenters. The van der Waals surface area contributed by atoms with Crippen molar-refractivity contribution < 1.29 is 14.3 Å². The number of amides is 1. The Balaban J connectivity index is 1.58. The largest absolute Gasteiger partial charge is 0.348 e. The SMILES string of the molecule is O=C(CSc1ccc(Cl)cc1)N1CCCCC1C1OCCO1. The number of nitrogens with zero attached hydrogens (tertiary/aromatic N) is 1. The van der Waals surface area contributed by atoms with Gasteiger partial charge >= 0.3 is 0 Å². The highest BCUT2D eigenvalue weighted by atomic mass is 35.5. The van der Waals surface area contributed by atoms with Gasteiger partial charge < -0.3 is 14.4 Å². The fraction of sp³-hybridized carbons (Fsp3) is 0.562. The fourth-order valence-corrected chi connectivity index (χ4v) is 3.82. The number of rotatable bonds is 4. The molecule has 1 unspecified atom stereocenters. The van der Waals surface area contributed by atoms with Crippen LogP contribution in [0.4, 0.5) is 0 Å². The van der Waals surface area contributed by atoms with Crippen LogP contribution in [0.5, 0.6) is 0 Å². The lowest BCUT2D eigenvalue weighted by molar-refractivity contribution is -0.148. The third kappa shape index (κ3) is 3.96. The molecule has 0 saturated carbocycles. The highest BCUT2D eigenvalue weighted by Crippen LogP contribution is 2.26. The molecule has 2 aliphatic heterocycles. The first-order valence-electron chi connectivity index (χ1n) is 7.65. The number of likely N-dealkylation sites (tertiary alicyclic amines) is 1. The predicted octanol–water partition coefficient (Wildman–Crippen LogP) is 3.19. The van der Waals surface area contributed by atoms with Crippen molar-refractivity contribution in [2.24, 2.45) is 0 Å². The summed E-state index contributed by atoms with van der Waals surface area (Å²) in [6.45, 7) is 2.05. The number of halogens is 1. The minimum absolute atomic E-state index is 0.0644. The second-order valence-electron chi connectivity index (χ2n) is 5.50. The average Bonchev–Trinajstić information content (AvgIpc) is 3.08. The molecule has 0 radical (unpaired) electrons. The Morgan fingerprint density at radius 2 is 1.95 bits per heavy atom. The fourth-order valence-electron chi connectivity index (χ4n) is 2.91. The van der Waals surface area contributed by atoms with Crippen LogP contribution >= 0.6 is 23.4 Å². The van der Waals surface area contributed by atoms with E-state index in [0.29, 0.717) is 24.0 Å². The average molecular weight is 342 g/mol.